The molecule has 0 unspecified atom stereocenters. The quantitative estimate of drug-likeness (QED) is 0.882. The molecule has 1 fully saturated rings. The maximum atomic E-state index is 12.2. The minimum atomic E-state index is -0.890. The van der Waals surface area contributed by atoms with Gasteiger partial charge in [-0.25, -0.2) is 0 Å². The van der Waals surface area contributed by atoms with Crippen molar-refractivity contribution in [3.05, 3.63) is 22.7 Å². The van der Waals surface area contributed by atoms with E-state index in [1.807, 2.05) is 0 Å². The third-order valence-electron chi connectivity index (χ3n) is 3.59. The Bertz CT molecular complexity index is 532. The molecule has 2 N–H and O–H groups in total. The van der Waals surface area contributed by atoms with Gasteiger partial charge in [0.15, 0.2) is 0 Å². The molecular weight excluding hydrogens is 326 g/mol. The Balaban J connectivity index is 2.08. The van der Waals surface area contributed by atoms with E-state index in [0.717, 1.165) is 10.9 Å². The molecule has 0 spiro atoms. The van der Waals surface area contributed by atoms with Crippen molar-refractivity contribution >= 4 is 33.5 Å². The van der Waals surface area contributed by atoms with E-state index in [0.29, 0.717) is 24.3 Å². The molecule has 0 saturated heterocycles. The lowest BCUT2D eigenvalue weighted by molar-refractivity contribution is -0.145. The molecule has 1 saturated carbocycles. The number of carboxylic acids is 1. The number of halogens is 1. The van der Waals surface area contributed by atoms with E-state index < -0.39 is 17.8 Å². The minimum absolute atomic E-state index is 0.230. The third kappa shape index (κ3) is 3.12. The van der Waals surface area contributed by atoms with Gasteiger partial charge >= 0.3 is 5.97 Å². The van der Waals surface area contributed by atoms with Gasteiger partial charge < -0.3 is 15.2 Å². The van der Waals surface area contributed by atoms with Crippen molar-refractivity contribution in [3.63, 3.8) is 0 Å². The number of amides is 1. The Morgan fingerprint density at radius 1 is 1.35 bits per heavy atom. The van der Waals surface area contributed by atoms with Gasteiger partial charge in [0.05, 0.1) is 23.4 Å². The SMILES string of the molecule is COc1ccc(NC(=O)[C@@H]2CCC[C@@H]2C(=O)O)cc1Br. The third-order valence-corrected chi connectivity index (χ3v) is 4.21. The fourth-order valence-corrected chi connectivity index (χ4v) is 3.09. The molecule has 2 atom stereocenters. The fourth-order valence-electron chi connectivity index (χ4n) is 2.55. The molecule has 20 heavy (non-hydrogen) atoms. The number of anilines is 1. The summed E-state index contributed by atoms with van der Waals surface area (Å²) in [5.74, 6) is -1.47. The normalized spacial score (nSPS) is 21.5. The van der Waals surface area contributed by atoms with Crippen molar-refractivity contribution in [2.24, 2.45) is 11.8 Å². The molecule has 0 bridgehead atoms. The van der Waals surface area contributed by atoms with Gasteiger partial charge in [0.2, 0.25) is 5.91 Å². The molecule has 0 aliphatic heterocycles. The predicted molar refractivity (Wildman–Crippen MR) is 77.8 cm³/mol. The highest BCUT2D eigenvalue weighted by Crippen LogP contribution is 2.33. The predicted octanol–water partition coefficient (Wildman–Crippen LogP) is 2.90. The first-order chi connectivity index (χ1) is 9.52. The molecule has 1 aliphatic rings. The Kier molecular flexibility index (Phi) is 4.65. The number of methoxy groups -OCH3 is 1. The molecule has 6 heteroatoms. The maximum absolute atomic E-state index is 12.2. The van der Waals surface area contributed by atoms with Gasteiger partial charge in [-0.1, -0.05) is 6.42 Å². The van der Waals surface area contributed by atoms with Crippen molar-refractivity contribution < 1.29 is 19.4 Å². The number of nitrogens with one attached hydrogen (secondary N) is 1. The highest BCUT2D eigenvalue weighted by molar-refractivity contribution is 9.10. The number of hydrogen-bond donors (Lipinski definition) is 2. The lowest BCUT2D eigenvalue weighted by Gasteiger charge is -2.16. The summed E-state index contributed by atoms with van der Waals surface area (Å²) in [6, 6.07) is 5.21. The van der Waals surface area contributed by atoms with Crippen molar-refractivity contribution in [3.8, 4) is 5.75 Å². The number of carbonyl (C=O) groups is 2. The Morgan fingerprint density at radius 2 is 2.05 bits per heavy atom. The molecule has 108 valence electrons. The molecule has 2 rings (SSSR count). The number of aliphatic carboxylic acids is 1. The molecule has 1 aromatic rings. The standard InChI is InChI=1S/C14H16BrNO4/c1-20-12-6-5-8(7-11(12)15)16-13(17)9-3-2-4-10(9)14(18)19/h5-7,9-10H,2-4H2,1H3,(H,16,17)(H,18,19)/t9-,10+/m1/s1. The highest BCUT2D eigenvalue weighted by Gasteiger charge is 2.37. The number of hydrogen-bond acceptors (Lipinski definition) is 3. The molecule has 0 aromatic heterocycles. The summed E-state index contributed by atoms with van der Waals surface area (Å²) in [5.41, 5.74) is 0.624. The van der Waals surface area contributed by atoms with Gasteiger partial charge in [-0.2, -0.15) is 0 Å². The number of carbonyl (C=O) groups excluding carboxylic acids is 1. The summed E-state index contributed by atoms with van der Waals surface area (Å²) in [7, 11) is 1.56. The van der Waals surface area contributed by atoms with Crippen LogP contribution in [0.5, 0.6) is 5.75 Å². The first-order valence-corrected chi connectivity index (χ1v) is 7.19. The Hall–Kier alpha value is -1.56. The van der Waals surface area contributed by atoms with Crippen LogP contribution < -0.4 is 10.1 Å². The van der Waals surface area contributed by atoms with Crippen LogP contribution in [0.4, 0.5) is 5.69 Å². The average Bonchev–Trinajstić information content (AvgIpc) is 2.88. The zero-order chi connectivity index (χ0) is 14.7. The maximum Gasteiger partial charge on any atom is 0.307 e. The second-order valence-corrected chi connectivity index (χ2v) is 5.68. The Labute approximate surface area is 125 Å². The number of ether oxygens (including phenoxy) is 1. The van der Waals surface area contributed by atoms with Crippen molar-refractivity contribution in [2.45, 2.75) is 19.3 Å². The molecule has 0 radical (unpaired) electrons. The van der Waals surface area contributed by atoms with E-state index in [1.54, 1.807) is 25.3 Å². The largest absolute Gasteiger partial charge is 0.496 e. The number of benzene rings is 1. The summed E-state index contributed by atoms with van der Waals surface area (Å²) in [6.45, 7) is 0. The van der Waals surface area contributed by atoms with Crippen molar-refractivity contribution in [2.75, 3.05) is 12.4 Å². The van der Waals surface area contributed by atoms with Gasteiger partial charge in [-0.05, 0) is 47.0 Å². The zero-order valence-corrected chi connectivity index (χ0v) is 12.6. The Morgan fingerprint density at radius 3 is 2.65 bits per heavy atom. The van der Waals surface area contributed by atoms with Crippen LogP contribution in [-0.4, -0.2) is 24.1 Å². The summed E-state index contributed by atoms with van der Waals surface area (Å²) < 4.78 is 5.85. The lowest BCUT2D eigenvalue weighted by Crippen LogP contribution is -2.29. The average molecular weight is 342 g/mol. The first kappa shape index (κ1) is 14.8. The van der Waals surface area contributed by atoms with Crippen LogP contribution in [0.25, 0.3) is 0 Å². The summed E-state index contributed by atoms with van der Waals surface area (Å²) in [4.78, 5) is 23.3. The van der Waals surface area contributed by atoms with Gasteiger partial charge in [0, 0.05) is 5.69 Å². The number of rotatable bonds is 4. The van der Waals surface area contributed by atoms with E-state index in [-0.39, 0.29) is 5.91 Å². The van der Waals surface area contributed by atoms with E-state index in [2.05, 4.69) is 21.2 Å². The van der Waals surface area contributed by atoms with Gasteiger partial charge in [-0.3, -0.25) is 9.59 Å². The van der Waals surface area contributed by atoms with E-state index >= 15 is 0 Å². The summed E-state index contributed by atoms with van der Waals surface area (Å²) >= 11 is 3.35. The monoisotopic (exact) mass is 341 g/mol. The van der Waals surface area contributed by atoms with Crippen molar-refractivity contribution in [1.29, 1.82) is 0 Å². The van der Waals surface area contributed by atoms with Gasteiger partial charge in [0.25, 0.3) is 0 Å². The summed E-state index contributed by atoms with van der Waals surface area (Å²) in [5, 5.41) is 11.9. The molecule has 0 heterocycles. The second-order valence-electron chi connectivity index (χ2n) is 4.82. The lowest BCUT2D eigenvalue weighted by atomic mass is 9.95. The fraction of sp³-hybridized carbons (Fsp3) is 0.429. The topological polar surface area (TPSA) is 75.6 Å². The van der Waals surface area contributed by atoms with E-state index in [1.165, 1.54) is 0 Å². The molecule has 5 nitrogen and oxygen atoms in total. The van der Waals surface area contributed by atoms with Crippen LogP contribution in [0, 0.1) is 11.8 Å². The molecule has 1 aromatic carbocycles. The van der Waals surface area contributed by atoms with Crippen LogP contribution in [0.15, 0.2) is 22.7 Å². The van der Waals surface area contributed by atoms with E-state index in [9.17, 15) is 9.59 Å². The van der Waals surface area contributed by atoms with Gasteiger partial charge in [-0.15, -0.1) is 0 Å². The van der Waals surface area contributed by atoms with Crippen LogP contribution in [0.2, 0.25) is 0 Å². The van der Waals surface area contributed by atoms with Gasteiger partial charge in [0.1, 0.15) is 5.75 Å². The smallest absolute Gasteiger partial charge is 0.307 e. The summed E-state index contributed by atoms with van der Waals surface area (Å²) in [6.07, 6.45) is 1.97. The number of carboxylic acid groups (broad SMARTS) is 1. The zero-order valence-electron chi connectivity index (χ0n) is 11.1. The van der Waals surface area contributed by atoms with Crippen LogP contribution in [-0.2, 0) is 9.59 Å². The highest BCUT2D eigenvalue weighted by atomic mass is 79.9. The minimum Gasteiger partial charge on any atom is -0.496 e. The second kappa shape index (κ2) is 6.26. The van der Waals surface area contributed by atoms with Crippen molar-refractivity contribution in [1.82, 2.24) is 0 Å². The van der Waals surface area contributed by atoms with E-state index in [4.69, 9.17) is 9.84 Å². The molecular formula is C14H16BrNO4. The van der Waals surface area contributed by atoms with Crippen LogP contribution in [0.1, 0.15) is 19.3 Å². The first-order valence-electron chi connectivity index (χ1n) is 6.40. The van der Waals surface area contributed by atoms with Crippen LogP contribution in [0.3, 0.4) is 0 Å². The molecule has 1 amide bonds. The van der Waals surface area contributed by atoms with Crippen LogP contribution >= 0.6 is 15.9 Å². The molecule has 1 aliphatic carbocycles.